The molecule has 10 nitrogen and oxygen atoms in total. The van der Waals surface area contributed by atoms with Crippen LogP contribution in [0.4, 0.5) is 17.1 Å². The number of ether oxygens (including phenoxy) is 1. The maximum absolute atomic E-state index is 14.3. The molecule has 1 aliphatic rings. The van der Waals surface area contributed by atoms with Gasteiger partial charge >= 0.3 is 0 Å². The van der Waals surface area contributed by atoms with Crippen LogP contribution >= 0.6 is 11.5 Å². The number of nitrogens with one attached hydrogen (secondary N) is 1. The largest absolute Gasteiger partial charge is 0.395 e. The van der Waals surface area contributed by atoms with E-state index in [4.69, 9.17) is 16.2 Å². The van der Waals surface area contributed by atoms with Gasteiger partial charge in [-0.25, -0.2) is 0 Å². The zero-order chi connectivity index (χ0) is 28.3. The number of nitrogen functional groups attached to an aromatic ring is 1. The van der Waals surface area contributed by atoms with Crippen LogP contribution in [0.3, 0.4) is 0 Å². The second-order valence-corrected chi connectivity index (χ2v) is 10.6. The molecule has 206 valence electrons. The van der Waals surface area contributed by atoms with Gasteiger partial charge in [0.2, 0.25) is 5.91 Å². The number of hydrogen-bond acceptors (Lipinski definition) is 8. The summed E-state index contributed by atoms with van der Waals surface area (Å²) in [5.41, 5.74) is 15.2. The lowest BCUT2D eigenvalue weighted by atomic mass is 9.99. The summed E-state index contributed by atoms with van der Waals surface area (Å²) in [4.78, 5) is 43.5. The van der Waals surface area contributed by atoms with Crippen molar-refractivity contribution in [2.75, 3.05) is 42.8 Å². The van der Waals surface area contributed by atoms with Crippen LogP contribution in [0.15, 0.2) is 42.5 Å². The SMILES string of the molecule is Cc1cccc(N(C(=O)c2snc(C(N)=O)c2N)C(C(=O)NCC2CCCO2)c2ccc(N(C)C)cc2)c1C. The molecule has 0 spiro atoms. The van der Waals surface area contributed by atoms with E-state index in [-0.39, 0.29) is 28.3 Å². The molecule has 2 atom stereocenters. The van der Waals surface area contributed by atoms with Crippen LogP contribution in [-0.4, -0.2) is 55.4 Å². The average Bonchev–Trinajstić information content (AvgIpc) is 3.57. The lowest BCUT2D eigenvalue weighted by Gasteiger charge is -2.33. The summed E-state index contributed by atoms with van der Waals surface area (Å²) in [7, 11) is 3.85. The maximum atomic E-state index is 14.3. The monoisotopic (exact) mass is 550 g/mol. The first-order chi connectivity index (χ1) is 18.6. The highest BCUT2D eigenvalue weighted by Gasteiger charge is 2.37. The topological polar surface area (TPSA) is 144 Å². The zero-order valence-corrected chi connectivity index (χ0v) is 23.4. The Kier molecular flexibility index (Phi) is 8.51. The lowest BCUT2D eigenvalue weighted by molar-refractivity contribution is -0.123. The van der Waals surface area contributed by atoms with E-state index in [2.05, 4.69) is 9.69 Å². The molecule has 2 heterocycles. The standard InChI is InChI=1S/C28H34N6O4S/c1-16-7-5-9-21(17(16)2)34(28(37)25-22(29)23(26(30)35)32-39-25)24(18-10-12-19(13-11-18)33(3)4)27(36)31-15-20-8-6-14-38-20/h5,7,9-13,20,24H,6,8,14-15,29H2,1-4H3,(H2,30,35)(H,31,36). The first-order valence-corrected chi connectivity index (χ1v) is 13.5. The fraction of sp³-hybridized carbons (Fsp3) is 0.357. The van der Waals surface area contributed by atoms with Crippen LogP contribution in [0.5, 0.6) is 0 Å². The number of carbonyl (C=O) groups excluding carboxylic acids is 3. The first kappa shape index (κ1) is 28.1. The molecule has 3 aromatic rings. The summed E-state index contributed by atoms with van der Waals surface area (Å²) in [5.74, 6) is -1.75. The van der Waals surface area contributed by atoms with E-state index >= 15 is 0 Å². The molecule has 0 bridgehead atoms. The van der Waals surface area contributed by atoms with Crippen molar-refractivity contribution >= 4 is 46.3 Å². The molecular weight excluding hydrogens is 516 g/mol. The van der Waals surface area contributed by atoms with Gasteiger partial charge in [0, 0.05) is 38.6 Å². The molecule has 0 saturated carbocycles. The van der Waals surface area contributed by atoms with E-state index < -0.39 is 17.9 Å². The number of amides is 3. The Morgan fingerprint density at radius 1 is 1.15 bits per heavy atom. The van der Waals surface area contributed by atoms with E-state index in [1.54, 1.807) is 6.07 Å². The Bertz CT molecular complexity index is 1360. The molecule has 0 radical (unpaired) electrons. The van der Waals surface area contributed by atoms with Crippen molar-refractivity contribution in [1.29, 1.82) is 0 Å². The van der Waals surface area contributed by atoms with Gasteiger partial charge in [-0.3, -0.25) is 19.3 Å². The summed E-state index contributed by atoms with van der Waals surface area (Å²) in [6.45, 7) is 4.82. The number of rotatable bonds is 9. The van der Waals surface area contributed by atoms with Gasteiger partial charge in [0.1, 0.15) is 10.9 Å². The minimum absolute atomic E-state index is 0.0338. The van der Waals surface area contributed by atoms with E-state index in [1.807, 2.05) is 69.2 Å². The van der Waals surface area contributed by atoms with Gasteiger partial charge < -0.3 is 26.4 Å². The molecule has 2 unspecified atom stereocenters. The van der Waals surface area contributed by atoms with Gasteiger partial charge in [0.25, 0.3) is 11.8 Å². The highest BCUT2D eigenvalue weighted by atomic mass is 32.1. The summed E-state index contributed by atoms with van der Waals surface area (Å²) in [6.07, 6.45) is 1.72. The van der Waals surface area contributed by atoms with Gasteiger partial charge in [-0.15, -0.1) is 0 Å². The summed E-state index contributed by atoms with van der Waals surface area (Å²) in [6, 6.07) is 12.0. The second-order valence-electron chi connectivity index (χ2n) is 9.80. The Morgan fingerprint density at radius 2 is 1.87 bits per heavy atom. The molecule has 1 fully saturated rings. The van der Waals surface area contributed by atoms with Crippen LogP contribution < -0.4 is 26.6 Å². The quantitative estimate of drug-likeness (QED) is 0.371. The predicted octanol–water partition coefficient (Wildman–Crippen LogP) is 3.19. The fourth-order valence-electron chi connectivity index (χ4n) is 4.59. The number of aryl methyl sites for hydroxylation is 1. The average molecular weight is 551 g/mol. The van der Waals surface area contributed by atoms with E-state index in [9.17, 15) is 14.4 Å². The molecule has 39 heavy (non-hydrogen) atoms. The van der Waals surface area contributed by atoms with E-state index in [0.29, 0.717) is 24.4 Å². The maximum Gasteiger partial charge on any atom is 0.273 e. The number of aromatic nitrogens is 1. The lowest BCUT2D eigenvalue weighted by Crippen LogP contribution is -2.46. The Balaban J connectivity index is 1.86. The van der Waals surface area contributed by atoms with Crippen molar-refractivity contribution < 1.29 is 19.1 Å². The Hall–Kier alpha value is -3.96. The smallest absolute Gasteiger partial charge is 0.273 e. The number of primary amides is 1. The van der Waals surface area contributed by atoms with Crippen molar-refractivity contribution in [2.24, 2.45) is 5.73 Å². The van der Waals surface area contributed by atoms with Gasteiger partial charge in [-0.05, 0) is 73.1 Å². The number of nitrogens with two attached hydrogens (primary N) is 2. The molecule has 11 heteroatoms. The van der Waals surface area contributed by atoms with Gasteiger partial charge in [-0.1, -0.05) is 24.3 Å². The third-order valence-electron chi connectivity index (χ3n) is 6.97. The predicted molar refractivity (Wildman–Crippen MR) is 153 cm³/mol. The number of carbonyl (C=O) groups is 3. The molecule has 2 aromatic carbocycles. The third-order valence-corrected chi connectivity index (χ3v) is 7.82. The Morgan fingerprint density at radius 3 is 2.46 bits per heavy atom. The van der Waals surface area contributed by atoms with E-state index in [1.165, 1.54) is 4.90 Å². The van der Waals surface area contributed by atoms with Crippen LogP contribution in [-0.2, 0) is 9.53 Å². The van der Waals surface area contributed by atoms with Crippen molar-refractivity contribution in [1.82, 2.24) is 9.69 Å². The Labute approximate surface area is 232 Å². The van der Waals surface area contributed by atoms with Crippen LogP contribution in [0.1, 0.15) is 55.7 Å². The van der Waals surface area contributed by atoms with Crippen molar-refractivity contribution in [3.8, 4) is 0 Å². The number of nitrogens with zero attached hydrogens (tertiary/aromatic N) is 3. The van der Waals surface area contributed by atoms with Crippen LogP contribution in [0.25, 0.3) is 0 Å². The molecule has 1 saturated heterocycles. The molecule has 0 aliphatic carbocycles. The fourth-order valence-corrected chi connectivity index (χ4v) is 5.33. The number of benzene rings is 2. The number of hydrogen-bond donors (Lipinski definition) is 3. The number of anilines is 3. The van der Waals surface area contributed by atoms with Gasteiger partial charge in [0.15, 0.2) is 5.69 Å². The molecule has 4 rings (SSSR count). The first-order valence-electron chi connectivity index (χ1n) is 12.7. The molecule has 1 aliphatic heterocycles. The van der Waals surface area contributed by atoms with Crippen molar-refractivity contribution in [2.45, 2.75) is 38.8 Å². The molecule has 1 aromatic heterocycles. The minimum Gasteiger partial charge on any atom is -0.395 e. The summed E-state index contributed by atoms with van der Waals surface area (Å²) < 4.78 is 9.72. The second kappa shape index (κ2) is 11.8. The third kappa shape index (κ3) is 5.89. The summed E-state index contributed by atoms with van der Waals surface area (Å²) in [5, 5.41) is 3.00. The van der Waals surface area contributed by atoms with Crippen molar-refractivity contribution in [3.05, 3.63) is 69.7 Å². The van der Waals surface area contributed by atoms with Gasteiger partial charge in [0.05, 0.1) is 11.8 Å². The zero-order valence-electron chi connectivity index (χ0n) is 22.6. The normalized spacial score (nSPS) is 15.5. The highest BCUT2D eigenvalue weighted by molar-refractivity contribution is 7.09. The minimum atomic E-state index is -1.05. The highest BCUT2D eigenvalue weighted by Crippen LogP contribution is 2.36. The molecular formula is C28H34N6O4S. The molecule has 3 amide bonds. The molecule has 5 N–H and O–H groups in total. The van der Waals surface area contributed by atoms with Crippen LogP contribution in [0.2, 0.25) is 0 Å². The van der Waals surface area contributed by atoms with E-state index in [0.717, 1.165) is 41.2 Å². The van der Waals surface area contributed by atoms with Crippen LogP contribution in [0, 0.1) is 13.8 Å². The summed E-state index contributed by atoms with van der Waals surface area (Å²) >= 11 is 0.785. The van der Waals surface area contributed by atoms with Crippen molar-refractivity contribution in [3.63, 3.8) is 0 Å². The van der Waals surface area contributed by atoms with Gasteiger partial charge in [-0.2, -0.15) is 4.37 Å².